The van der Waals surface area contributed by atoms with Crippen LogP contribution in [-0.4, -0.2) is 22.7 Å². The second-order valence-corrected chi connectivity index (χ2v) is 6.00. The van der Waals surface area contributed by atoms with Gasteiger partial charge in [-0.3, -0.25) is 15.0 Å². The van der Waals surface area contributed by atoms with E-state index in [9.17, 15) is 14.4 Å². The van der Waals surface area contributed by atoms with Crippen LogP contribution in [0.25, 0.3) is 10.2 Å². The van der Waals surface area contributed by atoms with Gasteiger partial charge in [-0.2, -0.15) is 0 Å². The quantitative estimate of drug-likeness (QED) is 0.434. The Morgan fingerprint density at radius 3 is 2.67 bits per heavy atom. The zero-order valence-corrected chi connectivity index (χ0v) is 13.5. The normalized spacial score (nSPS) is 10.4. The van der Waals surface area contributed by atoms with Gasteiger partial charge in [0.05, 0.1) is 10.2 Å². The van der Waals surface area contributed by atoms with Crippen LogP contribution in [0.15, 0.2) is 41.8 Å². The highest BCUT2D eigenvalue weighted by Crippen LogP contribution is 2.21. The maximum absolute atomic E-state index is 12.0. The number of amides is 3. The zero-order chi connectivity index (χ0) is 17.1. The van der Waals surface area contributed by atoms with E-state index in [1.165, 1.54) is 18.3 Å². The van der Waals surface area contributed by atoms with E-state index in [0.717, 1.165) is 10.2 Å². The van der Waals surface area contributed by atoms with Crippen molar-refractivity contribution in [1.29, 1.82) is 0 Å². The molecule has 0 aliphatic rings. The summed E-state index contributed by atoms with van der Waals surface area (Å²) in [5, 5.41) is 4.46. The molecule has 7 nitrogen and oxygen atoms in total. The van der Waals surface area contributed by atoms with E-state index in [4.69, 9.17) is 0 Å². The Balaban J connectivity index is 1.57. The molecule has 3 rings (SSSR count). The molecular formula is C16H14N4O3S. The summed E-state index contributed by atoms with van der Waals surface area (Å²) in [4.78, 5) is 38.1. The molecule has 0 spiro atoms. The van der Waals surface area contributed by atoms with Crippen LogP contribution in [0.2, 0.25) is 0 Å². The molecular weight excluding hydrogens is 328 g/mol. The van der Waals surface area contributed by atoms with Gasteiger partial charge in [-0.1, -0.05) is 12.1 Å². The smallest absolute Gasteiger partial charge is 0.337 e. The summed E-state index contributed by atoms with van der Waals surface area (Å²) in [6, 6.07) is 9.50. The molecule has 0 unspecified atom stereocenters. The standard InChI is InChI=1S/C16H14N4O3S/c1-9(21)10-3-2-4-11(7-10)17-16(23)20-19-15(22)13-8-14-12(18-13)5-6-24-14/h2-8,18H,1H3,(H,19,22)(H2,17,20,23). The average molecular weight is 342 g/mol. The number of thiophene rings is 1. The van der Waals surface area contributed by atoms with Gasteiger partial charge in [0.15, 0.2) is 5.78 Å². The van der Waals surface area contributed by atoms with Crippen molar-refractivity contribution >= 4 is 45.0 Å². The molecule has 0 saturated carbocycles. The average Bonchev–Trinajstić information content (AvgIpc) is 3.14. The first-order chi connectivity index (χ1) is 11.5. The van der Waals surface area contributed by atoms with Gasteiger partial charge < -0.3 is 10.3 Å². The van der Waals surface area contributed by atoms with Crippen LogP contribution >= 0.6 is 11.3 Å². The van der Waals surface area contributed by atoms with Gasteiger partial charge in [0, 0.05) is 11.3 Å². The number of anilines is 1. The summed E-state index contributed by atoms with van der Waals surface area (Å²) in [5.41, 5.74) is 6.75. The lowest BCUT2D eigenvalue weighted by Crippen LogP contribution is -2.44. The summed E-state index contributed by atoms with van der Waals surface area (Å²) in [7, 11) is 0. The van der Waals surface area contributed by atoms with Crippen molar-refractivity contribution in [1.82, 2.24) is 15.8 Å². The first-order valence-corrected chi connectivity index (χ1v) is 7.95. The number of benzene rings is 1. The van der Waals surface area contributed by atoms with Crippen LogP contribution in [0.4, 0.5) is 10.5 Å². The maximum Gasteiger partial charge on any atom is 0.337 e. The Morgan fingerprint density at radius 2 is 1.92 bits per heavy atom. The number of nitrogens with one attached hydrogen (secondary N) is 4. The fourth-order valence-corrected chi connectivity index (χ4v) is 2.91. The van der Waals surface area contributed by atoms with Crippen molar-refractivity contribution in [2.45, 2.75) is 6.92 Å². The van der Waals surface area contributed by atoms with Crippen LogP contribution in [0.3, 0.4) is 0 Å². The molecule has 0 radical (unpaired) electrons. The van der Waals surface area contributed by atoms with Gasteiger partial charge in [0.25, 0.3) is 5.91 Å². The summed E-state index contributed by atoms with van der Waals surface area (Å²) >= 11 is 1.52. The molecule has 0 aliphatic carbocycles. The lowest BCUT2D eigenvalue weighted by atomic mass is 10.1. The SMILES string of the molecule is CC(=O)c1cccc(NC(=O)NNC(=O)c2cc3sccc3[nH]2)c1. The fraction of sp³-hybridized carbons (Fsp3) is 0.0625. The number of ketones is 1. The van der Waals surface area contributed by atoms with Crippen LogP contribution < -0.4 is 16.2 Å². The van der Waals surface area contributed by atoms with Gasteiger partial charge in [-0.25, -0.2) is 10.2 Å². The Bertz CT molecular complexity index is 900. The van der Waals surface area contributed by atoms with Gasteiger partial charge in [0.2, 0.25) is 0 Å². The molecule has 0 saturated heterocycles. The van der Waals surface area contributed by atoms with Gasteiger partial charge in [-0.05, 0) is 36.6 Å². The van der Waals surface area contributed by atoms with E-state index < -0.39 is 11.9 Å². The highest BCUT2D eigenvalue weighted by molar-refractivity contribution is 7.17. The number of Topliss-reactive ketones (excluding diaryl/α,β-unsaturated/α-hetero) is 1. The number of urea groups is 1. The summed E-state index contributed by atoms with van der Waals surface area (Å²) in [6.07, 6.45) is 0. The maximum atomic E-state index is 12.0. The number of aromatic amines is 1. The third-order valence-corrected chi connectivity index (χ3v) is 4.16. The summed E-state index contributed by atoms with van der Waals surface area (Å²) < 4.78 is 0.964. The number of fused-ring (bicyclic) bond motifs is 1. The largest absolute Gasteiger partial charge is 0.350 e. The monoisotopic (exact) mass is 342 g/mol. The molecule has 2 aromatic heterocycles. The molecule has 24 heavy (non-hydrogen) atoms. The van der Waals surface area contributed by atoms with E-state index in [2.05, 4.69) is 21.2 Å². The third kappa shape index (κ3) is 3.44. The fourth-order valence-electron chi connectivity index (χ4n) is 2.13. The number of hydrazine groups is 1. The molecule has 8 heteroatoms. The predicted octanol–water partition coefficient (Wildman–Crippen LogP) is 2.90. The first kappa shape index (κ1) is 15.8. The number of carbonyl (C=O) groups excluding carboxylic acids is 3. The van der Waals surface area contributed by atoms with E-state index in [1.807, 2.05) is 11.4 Å². The van der Waals surface area contributed by atoms with Crippen molar-refractivity contribution in [3.05, 3.63) is 53.0 Å². The second-order valence-electron chi connectivity index (χ2n) is 5.05. The minimum atomic E-state index is -0.613. The van der Waals surface area contributed by atoms with E-state index in [0.29, 0.717) is 16.9 Å². The second kappa shape index (κ2) is 6.55. The van der Waals surface area contributed by atoms with Crippen molar-refractivity contribution in [2.75, 3.05) is 5.32 Å². The molecule has 4 N–H and O–H groups in total. The molecule has 1 aromatic carbocycles. The Kier molecular flexibility index (Phi) is 4.30. The van der Waals surface area contributed by atoms with Crippen LogP contribution in [0.5, 0.6) is 0 Å². The minimum absolute atomic E-state index is 0.0981. The number of rotatable bonds is 3. The molecule has 0 bridgehead atoms. The van der Waals surface area contributed by atoms with Crippen LogP contribution in [0.1, 0.15) is 27.8 Å². The number of H-pyrrole nitrogens is 1. The number of carbonyl (C=O) groups is 3. The highest BCUT2D eigenvalue weighted by Gasteiger charge is 2.11. The van der Waals surface area contributed by atoms with E-state index in [1.54, 1.807) is 30.3 Å². The third-order valence-electron chi connectivity index (χ3n) is 3.30. The number of hydrogen-bond donors (Lipinski definition) is 4. The Morgan fingerprint density at radius 1 is 1.08 bits per heavy atom. The molecule has 122 valence electrons. The van der Waals surface area contributed by atoms with E-state index in [-0.39, 0.29) is 5.78 Å². The number of aromatic nitrogens is 1. The molecule has 3 amide bonds. The number of hydrogen-bond acceptors (Lipinski definition) is 4. The van der Waals surface area contributed by atoms with Crippen molar-refractivity contribution in [3.8, 4) is 0 Å². The lowest BCUT2D eigenvalue weighted by molar-refractivity contribution is 0.0933. The summed E-state index contributed by atoms with van der Waals surface area (Å²) in [5.74, 6) is -0.551. The van der Waals surface area contributed by atoms with Crippen molar-refractivity contribution in [3.63, 3.8) is 0 Å². The van der Waals surface area contributed by atoms with Gasteiger partial charge >= 0.3 is 6.03 Å². The Labute approximate surface area is 141 Å². The van der Waals surface area contributed by atoms with Crippen molar-refractivity contribution < 1.29 is 14.4 Å². The molecule has 0 aliphatic heterocycles. The highest BCUT2D eigenvalue weighted by atomic mass is 32.1. The lowest BCUT2D eigenvalue weighted by Gasteiger charge is -2.09. The predicted molar refractivity (Wildman–Crippen MR) is 92.2 cm³/mol. The van der Waals surface area contributed by atoms with Crippen LogP contribution in [-0.2, 0) is 0 Å². The minimum Gasteiger partial charge on any atom is -0.350 e. The van der Waals surface area contributed by atoms with Crippen LogP contribution in [0, 0.1) is 0 Å². The van der Waals surface area contributed by atoms with E-state index >= 15 is 0 Å². The molecule has 3 aromatic rings. The van der Waals surface area contributed by atoms with Gasteiger partial charge in [-0.15, -0.1) is 11.3 Å². The summed E-state index contributed by atoms with van der Waals surface area (Å²) in [6.45, 7) is 1.45. The Hall–Kier alpha value is -3.13. The molecule has 2 heterocycles. The topological polar surface area (TPSA) is 103 Å². The van der Waals surface area contributed by atoms with Crippen molar-refractivity contribution in [2.24, 2.45) is 0 Å². The van der Waals surface area contributed by atoms with Gasteiger partial charge in [0.1, 0.15) is 5.69 Å². The zero-order valence-electron chi connectivity index (χ0n) is 12.7. The molecule has 0 atom stereocenters. The molecule has 0 fully saturated rings. The first-order valence-electron chi connectivity index (χ1n) is 7.07.